The van der Waals surface area contributed by atoms with Crippen LogP contribution < -0.4 is 31.4 Å². The molecule has 5 N–H and O–H groups in total. The van der Waals surface area contributed by atoms with Crippen LogP contribution in [-0.2, 0) is 24.2 Å². The number of ether oxygens (including phenoxy) is 2. The second-order valence-corrected chi connectivity index (χ2v) is 12.1. The van der Waals surface area contributed by atoms with Gasteiger partial charge in [-0.15, -0.1) is 0 Å². The fraction of sp³-hybridized carbons (Fsp3) is 0.333. The van der Waals surface area contributed by atoms with Crippen LogP contribution in [0.1, 0.15) is 40.0 Å². The second-order valence-electron chi connectivity index (χ2n) is 11.7. The first-order chi connectivity index (χ1) is 24.2. The summed E-state index contributed by atoms with van der Waals surface area (Å²) in [4.78, 5) is 29.9. The third-order valence-corrected chi connectivity index (χ3v) is 8.38. The van der Waals surface area contributed by atoms with Crippen LogP contribution >= 0.6 is 11.6 Å². The van der Waals surface area contributed by atoms with Crippen LogP contribution in [0, 0.1) is 0 Å². The van der Waals surface area contributed by atoms with E-state index in [0.29, 0.717) is 6.54 Å². The van der Waals surface area contributed by atoms with Gasteiger partial charge in [-0.05, 0) is 48.2 Å². The molecule has 1 aromatic heterocycles. The number of carbonyl (C=O) groups excluding carboxylic acids is 2. The summed E-state index contributed by atoms with van der Waals surface area (Å²) in [5, 5.41) is 11.7. The number of halogens is 4. The van der Waals surface area contributed by atoms with Crippen LogP contribution in [0.15, 0.2) is 78.9 Å². The Hall–Kier alpha value is -5.08. The van der Waals surface area contributed by atoms with Gasteiger partial charge in [0.1, 0.15) is 24.0 Å². The van der Waals surface area contributed by atoms with E-state index >= 15 is 0 Å². The molecular formula is C36H42ClF3N6O5. The van der Waals surface area contributed by atoms with E-state index in [1.807, 2.05) is 30.3 Å². The molecule has 0 unspecified atom stereocenters. The van der Waals surface area contributed by atoms with Gasteiger partial charge in [0.2, 0.25) is 0 Å². The van der Waals surface area contributed by atoms with E-state index in [1.54, 1.807) is 14.2 Å². The number of rotatable bonds is 16. The first-order valence-corrected chi connectivity index (χ1v) is 16.4. The van der Waals surface area contributed by atoms with Crippen LogP contribution in [0.4, 0.5) is 24.8 Å². The monoisotopic (exact) mass is 730 g/mol. The number of nitrogens with zero attached hydrogens (tertiary/aromatic N) is 3. The minimum Gasteiger partial charge on any atom is -0.542 e. The summed E-state index contributed by atoms with van der Waals surface area (Å²) in [6.45, 7) is 3.88. The number of methoxy groups -OCH3 is 2. The molecule has 4 aromatic rings. The number of amides is 1. The van der Waals surface area contributed by atoms with Crippen molar-refractivity contribution in [1.29, 1.82) is 0 Å². The minimum atomic E-state index is -5.19. The molecule has 0 fully saturated rings. The summed E-state index contributed by atoms with van der Waals surface area (Å²) >= 11 is 6.02. The van der Waals surface area contributed by atoms with E-state index in [9.17, 15) is 18.0 Å². The van der Waals surface area contributed by atoms with Crippen molar-refractivity contribution in [3.63, 3.8) is 0 Å². The van der Waals surface area contributed by atoms with Crippen LogP contribution in [0.25, 0.3) is 0 Å². The minimum absolute atomic E-state index is 0.00650. The number of aliphatic carboxylic acids is 1. The first-order valence-electron chi connectivity index (χ1n) is 16.0. The number of carboxylic acid groups (broad SMARTS) is 1. The summed E-state index contributed by atoms with van der Waals surface area (Å²) in [7, 11) is 3.36. The Labute approximate surface area is 300 Å². The zero-order valence-electron chi connectivity index (χ0n) is 28.4. The van der Waals surface area contributed by atoms with E-state index < -0.39 is 18.1 Å². The van der Waals surface area contributed by atoms with Gasteiger partial charge in [-0.3, -0.25) is 4.79 Å². The Bertz CT molecular complexity index is 1640. The van der Waals surface area contributed by atoms with Crippen LogP contribution in [0.3, 0.4) is 0 Å². The molecule has 0 saturated heterocycles. The maximum absolute atomic E-state index is 13.1. The maximum Gasteiger partial charge on any atom is 0.430 e. The molecule has 274 valence electrons. The number of aromatic nitrogens is 2. The van der Waals surface area contributed by atoms with Gasteiger partial charge >= 0.3 is 6.18 Å². The van der Waals surface area contributed by atoms with Crippen molar-refractivity contribution in [2.75, 3.05) is 51.9 Å². The zero-order valence-corrected chi connectivity index (χ0v) is 29.2. The lowest BCUT2D eigenvalue weighted by atomic mass is 10.0. The number of carboxylic acids is 1. The molecule has 0 aliphatic heterocycles. The van der Waals surface area contributed by atoms with E-state index in [1.165, 1.54) is 16.7 Å². The van der Waals surface area contributed by atoms with Gasteiger partial charge in [0.05, 0.1) is 40.4 Å². The molecule has 0 radical (unpaired) electrons. The predicted octanol–water partition coefficient (Wildman–Crippen LogP) is 4.62. The van der Waals surface area contributed by atoms with Crippen molar-refractivity contribution in [2.24, 2.45) is 0 Å². The molecule has 0 aliphatic rings. The van der Waals surface area contributed by atoms with E-state index in [2.05, 4.69) is 63.8 Å². The number of nitrogen functional groups attached to an aromatic ring is 2. The van der Waals surface area contributed by atoms with Gasteiger partial charge in [-0.25, -0.2) is 9.97 Å². The van der Waals surface area contributed by atoms with Gasteiger partial charge in [0, 0.05) is 18.4 Å². The number of nitrogens with two attached hydrogens (primary N) is 2. The van der Waals surface area contributed by atoms with Crippen molar-refractivity contribution >= 4 is 35.1 Å². The molecule has 11 nitrogen and oxygen atoms in total. The average molecular weight is 731 g/mol. The molecule has 0 saturated carbocycles. The molecule has 3 aromatic carbocycles. The van der Waals surface area contributed by atoms with Crippen LogP contribution in [0.5, 0.6) is 11.5 Å². The fourth-order valence-corrected chi connectivity index (χ4v) is 5.59. The Morgan fingerprint density at radius 3 is 1.73 bits per heavy atom. The number of nitrogens with one attached hydrogen (secondary N) is 1. The summed E-state index contributed by atoms with van der Waals surface area (Å²) in [5.74, 6) is -1.78. The van der Waals surface area contributed by atoms with Crippen molar-refractivity contribution in [1.82, 2.24) is 15.3 Å². The first kappa shape index (κ1) is 40.4. The van der Waals surface area contributed by atoms with Gasteiger partial charge in [0.15, 0.2) is 22.5 Å². The third-order valence-electron chi connectivity index (χ3n) is 8.10. The fourth-order valence-electron chi connectivity index (χ4n) is 5.46. The molecule has 51 heavy (non-hydrogen) atoms. The second kappa shape index (κ2) is 19.3. The average Bonchev–Trinajstić information content (AvgIpc) is 3.10. The summed E-state index contributed by atoms with van der Waals surface area (Å²) < 4.78 is 43.0. The van der Waals surface area contributed by atoms with Crippen molar-refractivity contribution in [3.8, 4) is 11.5 Å². The maximum atomic E-state index is 13.1. The standard InChI is InChI=1S/C34H41ClN6O3.C2HF3O2/c1-43-28-16-12-25(13-17-28)10-6-21-41(24-27-8-4-3-5-9-27,22-7-11-26-14-18-29(44-2)19-15-26)23-20-38-34(42)30-32(36)40-33(37)31(35)39-30;3-2(4,5)1(6)7/h3-5,8-9,12-19H,6-7,10-11,20-24H2,1-2H3,(H4-,36,37,38,40,42);(H,6,7). The third kappa shape index (κ3) is 13.3. The Morgan fingerprint density at radius 1 is 0.784 bits per heavy atom. The van der Waals surface area contributed by atoms with Gasteiger partial charge < -0.3 is 40.6 Å². The highest BCUT2D eigenvalue weighted by atomic mass is 35.5. The Morgan fingerprint density at radius 2 is 1.27 bits per heavy atom. The van der Waals surface area contributed by atoms with Crippen molar-refractivity contribution < 1.29 is 41.8 Å². The molecule has 0 spiro atoms. The summed E-state index contributed by atoms with van der Waals surface area (Å²) in [6, 6.07) is 27.0. The molecule has 0 aliphatic carbocycles. The van der Waals surface area contributed by atoms with Gasteiger partial charge in [-0.2, -0.15) is 13.2 Å². The molecule has 1 heterocycles. The summed E-state index contributed by atoms with van der Waals surface area (Å²) in [6.07, 6.45) is -1.33. The number of anilines is 2. The molecule has 4 rings (SSSR count). The molecule has 0 bridgehead atoms. The lowest BCUT2D eigenvalue weighted by molar-refractivity contribution is -0.940. The molecule has 1 amide bonds. The smallest absolute Gasteiger partial charge is 0.430 e. The lowest BCUT2D eigenvalue weighted by Gasteiger charge is -2.39. The number of hydrogen-bond acceptors (Lipinski definition) is 9. The highest BCUT2D eigenvalue weighted by Crippen LogP contribution is 2.22. The van der Waals surface area contributed by atoms with Crippen LogP contribution in [0.2, 0.25) is 5.15 Å². The molecule has 0 atom stereocenters. The van der Waals surface area contributed by atoms with Gasteiger partial charge in [0.25, 0.3) is 5.91 Å². The number of hydrogen-bond donors (Lipinski definition) is 3. The number of aryl methyl sites for hydroxylation is 2. The highest BCUT2D eigenvalue weighted by molar-refractivity contribution is 6.31. The predicted molar refractivity (Wildman–Crippen MR) is 187 cm³/mol. The van der Waals surface area contributed by atoms with Crippen LogP contribution in [-0.4, -0.2) is 72.9 Å². The van der Waals surface area contributed by atoms with E-state index in [-0.39, 0.29) is 22.5 Å². The normalized spacial score (nSPS) is 11.3. The Kier molecular flexibility index (Phi) is 15.3. The summed E-state index contributed by atoms with van der Waals surface area (Å²) in [5.41, 5.74) is 15.4. The highest BCUT2D eigenvalue weighted by Gasteiger charge is 2.29. The lowest BCUT2D eigenvalue weighted by Crippen LogP contribution is -2.52. The number of quaternary nitrogens is 1. The van der Waals surface area contributed by atoms with E-state index in [4.69, 9.17) is 42.4 Å². The molecular weight excluding hydrogens is 689 g/mol. The largest absolute Gasteiger partial charge is 0.542 e. The van der Waals surface area contributed by atoms with E-state index in [0.717, 1.165) is 67.8 Å². The number of benzene rings is 3. The topological polar surface area (TPSA) is 166 Å². The van der Waals surface area contributed by atoms with Gasteiger partial charge in [-0.1, -0.05) is 66.2 Å². The molecule has 15 heteroatoms. The quantitative estimate of drug-likeness (QED) is 0.140. The Balaban J connectivity index is 0.000000908. The SMILES string of the molecule is COc1ccc(CCC[N+](CCCc2ccc(OC)cc2)(CCNC(=O)c2nc(Cl)c(N)nc2N)Cc2ccccc2)cc1.O=C([O-])C(F)(F)F. The van der Waals surface area contributed by atoms with Crippen molar-refractivity contribution in [2.45, 2.75) is 38.4 Å². The van der Waals surface area contributed by atoms with Crippen molar-refractivity contribution in [3.05, 3.63) is 106 Å². The number of carbonyl (C=O) groups is 2. The zero-order chi connectivity index (χ0) is 37.4. The number of alkyl halides is 3.